The van der Waals surface area contributed by atoms with Gasteiger partial charge < -0.3 is 15.7 Å². The molecule has 3 aromatic heterocycles. The molecule has 0 spiro atoms. The summed E-state index contributed by atoms with van der Waals surface area (Å²) in [5, 5.41) is 14.9. The molecule has 1 aromatic carbocycles. The van der Waals surface area contributed by atoms with Crippen molar-refractivity contribution in [3.8, 4) is 22.4 Å². The lowest BCUT2D eigenvalue weighted by molar-refractivity contribution is 0.124. The Kier molecular flexibility index (Phi) is 5.16. The quantitative estimate of drug-likeness (QED) is 0.479. The van der Waals surface area contributed by atoms with Gasteiger partial charge in [0.2, 0.25) is 0 Å². The van der Waals surface area contributed by atoms with Crippen LogP contribution in [0.3, 0.4) is 0 Å². The Morgan fingerprint density at radius 2 is 1.88 bits per heavy atom. The average Bonchev–Trinajstić information content (AvgIpc) is 3.32. The van der Waals surface area contributed by atoms with Crippen molar-refractivity contribution in [3.05, 3.63) is 60.4 Å². The van der Waals surface area contributed by atoms with Gasteiger partial charge in [-0.25, -0.2) is 14.2 Å². The highest BCUT2D eigenvalue weighted by molar-refractivity contribution is 5.90. The fourth-order valence-corrected chi connectivity index (χ4v) is 4.34. The maximum atomic E-state index is 14.2. The van der Waals surface area contributed by atoms with Gasteiger partial charge >= 0.3 is 6.09 Å². The van der Waals surface area contributed by atoms with Crippen LogP contribution in [0.5, 0.6) is 0 Å². The Labute approximate surface area is 189 Å². The number of halogens is 1. The number of fused-ring (bicyclic) bond motifs is 1. The van der Waals surface area contributed by atoms with E-state index in [2.05, 4.69) is 15.1 Å². The van der Waals surface area contributed by atoms with Crippen LogP contribution in [-0.2, 0) is 0 Å². The fraction of sp³-hybridized carbons (Fsp3) is 0.250. The van der Waals surface area contributed by atoms with Gasteiger partial charge in [-0.15, -0.1) is 0 Å². The molecule has 1 saturated heterocycles. The molecule has 1 aliphatic heterocycles. The van der Waals surface area contributed by atoms with E-state index in [1.54, 1.807) is 18.5 Å². The van der Waals surface area contributed by atoms with Crippen LogP contribution in [0.2, 0.25) is 0 Å². The fourth-order valence-electron chi connectivity index (χ4n) is 4.34. The monoisotopic (exact) mass is 446 g/mol. The number of hydrogen-bond donors (Lipinski definition) is 2. The van der Waals surface area contributed by atoms with Crippen LogP contribution in [0.4, 0.5) is 15.0 Å². The zero-order valence-electron chi connectivity index (χ0n) is 18.1. The minimum atomic E-state index is -0.879. The highest BCUT2D eigenvalue weighted by atomic mass is 19.1. The zero-order valence-corrected chi connectivity index (χ0v) is 18.1. The van der Waals surface area contributed by atoms with E-state index in [4.69, 9.17) is 10.8 Å². The molecule has 1 fully saturated rings. The summed E-state index contributed by atoms with van der Waals surface area (Å²) >= 11 is 0. The van der Waals surface area contributed by atoms with Crippen LogP contribution in [0, 0.1) is 12.7 Å². The molecule has 4 heterocycles. The largest absolute Gasteiger partial charge is 0.465 e. The number of likely N-dealkylation sites (tertiary alicyclic amines) is 1. The average molecular weight is 446 g/mol. The molecule has 0 radical (unpaired) electrons. The molecule has 168 valence electrons. The van der Waals surface area contributed by atoms with E-state index in [1.807, 2.05) is 29.9 Å². The molecule has 0 unspecified atom stereocenters. The van der Waals surface area contributed by atoms with E-state index >= 15 is 0 Å². The number of aryl methyl sites for hydroxylation is 1. The smallest absolute Gasteiger partial charge is 0.407 e. The summed E-state index contributed by atoms with van der Waals surface area (Å²) in [6.07, 6.45) is 7.50. The summed E-state index contributed by atoms with van der Waals surface area (Å²) in [6.45, 7) is 2.92. The van der Waals surface area contributed by atoms with Gasteiger partial charge in [-0.2, -0.15) is 5.10 Å². The number of benzene rings is 1. The number of carboxylic acid groups (broad SMARTS) is 1. The van der Waals surface area contributed by atoms with Gasteiger partial charge in [-0.1, -0.05) is 6.07 Å². The Hall–Kier alpha value is -4.01. The molecule has 3 N–H and O–H groups in total. The van der Waals surface area contributed by atoms with E-state index in [0.29, 0.717) is 35.6 Å². The molecule has 1 amide bonds. The highest BCUT2D eigenvalue weighted by Crippen LogP contribution is 2.32. The highest BCUT2D eigenvalue weighted by Gasteiger charge is 2.24. The second-order valence-corrected chi connectivity index (χ2v) is 8.35. The SMILES string of the molecule is Cc1ccc(F)c2cnc(-c3cc(-c4cnn(C5CCN(C(=O)O)CC5)c4)cnc3N)cc12. The van der Waals surface area contributed by atoms with Crippen molar-refractivity contribution >= 4 is 22.7 Å². The van der Waals surface area contributed by atoms with Crippen molar-refractivity contribution in [3.63, 3.8) is 0 Å². The standard InChI is InChI=1S/C24H23FN6O2/c1-14-2-3-21(25)20-12-27-22(9-18(14)20)19-8-15(10-28-23(19)26)16-11-29-31(13-16)17-4-6-30(7-5-17)24(32)33/h2-3,8-13,17H,4-7H2,1H3,(H2,26,28)(H,32,33). The van der Waals surface area contributed by atoms with Crippen LogP contribution in [0.25, 0.3) is 33.2 Å². The first-order valence-corrected chi connectivity index (χ1v) is 10.7. The summed E-state index contributed by atoms with van der Waals surface area (Å²) in [6, 6.07) is 7.09. The van der Waals surface area contributed by atoms with Gasteiger partial charge in [0.05, 0.1) is 17.9 Å². The van der Waals surface area contributed by atoms with E-state index in [1.165, 1.54) is 17.2 Å². The Morgan fingerprint density at radius 1 is 1.09 bits per heavy atom. The van der Waals surface area contributed by atoms with E-state index in [-0.39, 0.29) is 11.9 Å². The molecule has 0 saturated carbocycles. The summed E-state index contributed by atoms with van der Waals surface area (Å²) in [5.41, 5.74) is 10.1. The third-order valence-corrected chi connectivity index (χ3v) is 6.30. The van der Waals surface area contributed by atoms with E-state index < -0.39 is 6.09 Å². The number of nitrogens with two attached hydrogens (primary N) is 1. The number of piperidine rings is 1. The molecule has 8 nitrogen and oxygen atoms in total. The number of pyridine rings is 2. The molecule has 33 heavy (non-hydrogen) atoms. The number of anilines is 1. The second-order valence-electron chi connectivity index (χ2n) is 8.35. The normalized spacial score (nSPS) is 14.7. The van der Waals surface area contributed by atoms with Gasteiger partial charge in [0.1, 0.15) is 11.6 Å². The Balaban J connectivity index is 1.45. The predicted molar refractivity (Wildman–Crippen MR) is 123 cm³/mol. The molecule has 0 atom stereocenters. The molecule has 0 bridgehead atoms. The first kappa shape index (κ1) is 20.9. The predicted octanol–water partition coefficient (Wildman–Crippen LogP) is 4.50. The lowest BCUT2D eigenvalue weighted by atomic mass is 10.0. The van der Waals surface area contributed by atoms with Crippen molar-refractivity contribution in [1.82, 2.24) is 24.6 Å². The molecule has 0 aliphatic carbocycles. The molecule has 4 aromatic rings. The third-order valence-electron chi connectivity index (χ3n) is 6.30. The number of aromatic nitrogens is 4. The summed E-state index contributed by atoms with van der Waals surface area (Å²) < 4.78 is 16.1. The van der Waals surface area contributed by atoms with Crippen LogP contribution >= 0.6 is 0 Å². The van der Waals surface area contributed by atoms with Gasteiger partial charge in [-0.3, -0.25) is 9.67 Å². The van der Waals surface area contributed by atoms with Crippen molar-refractivity contribution in [2.45, 2.75) is 25.8 Å². The first-order valence-electron chi connectivity index (χ1n) is 10.7. The lowest BCUT2D eigenvalue weighted by Crippen LogP contribution is -2.38. The molecular formula is C24H23FN6O2. The van der Waals surface area contributed by atoms with E-state index in [9.17, 15) is 9.18 Å². The number of hydrogen-bond acceptors (Lipinski definition) is 5. The molecule has 5 rings (SSSR count). The van der Waals surface area contributed by atoms with E-state index in [0.717, 1.165) is 34.9 Å². The maximum Gasteiger partial charge on any atom is 0.407 e. The summed E-state index contributed by atoms with van der Waals surface area (Å²) in [4.78, 5) is 21.4. The topological polar surface area (TPSA) is 110 Å². The van der Waals surface area contributed by atoms with Crippen molar-refractivity contribution in [2.24, 2.45) is 0 Å². The van der Waals surface area contributed by atoms with Crippen LogP contribution in [0.15, 0.2) is 49.1 Å². The Bertz CT molecular complexity index is 1360. The number of amides is 1. The lowest BCUT2D eigenvalue weighted by Gasteiger charge is -2.30. The number of nitrogen functional groups attached to an aromatic ring is 1. The summed E-state index contributed by atoms with van der Waals surface area (Å²) in [7, 11) is 0. The van der Waals surface area contributed by atoms with Gasteiger partial charge in [-0.05, 0) is 48.9 Å². The minimum absolute atomic E-state index is 0.149. The number of carbonyl (C=O) groups is 1. The Morgan fingerprint density at radius 3 is 2.64 bits per heavy atom. The van der Waals surface area contributed by atoms with Crippen LogP contribution < -0.4 is 5.73 Å². The van der Waals surface area contributed by atoms with Crippen molar-refractivity contribution in [2.75, 3.05) is 18.8 Å². The minimum Gasteiger partial charge on any atom is -0.465 e. The first-order chi connectivity index (χ1) is 15.9. The van der Waals surface area contributed by atoms with Crippen LogP contribution in [0.1, 0.15) is 24.4 Å². The van der Waals surface area contributed by atoms with Crippen molar-refractivity contribution in [1.29, 1.82) is 0 Å². The molecular weight excluding hydrogens is 423 g/mol. The third kappa shape index (κ3) is 3.86. The van der Waals surface area contributed by atoms with Gasteiger partial charge in [0.25, 0.3) is 0 Å². The van der Waals surface area contributed by atoms with Crippen molar-refractivity contribution < 1.29 is 14.3 Å². The summed E-state index contributed by atoms with van der Waals surface area (Å²) in [5.74, 6) is 0.0317. The second kappa shape index (κ2) is 8.16. The van der Waals surface area contributed by atoms with Gasteiger partial charge in [0.15, 0.2) is 0 Å². The maximum absolute atomic E-state index is 14.2. The zero-order chi connectivity index (χ0) is 23.1. The number of nitrogens with zero attached hydrogens (tertiary/aromatic N) is 5. The molecule has 1 aliphatic rings. The number of rotatable bonds is 3. The van der Waals surface area contributed by atoms with Gasteiger partial charge in [0, 0.05) is 53.8 Å². The van der Waals surface area contributed by atoms with Crippen LogP contribution in [-0.4, -0.2) is 48.9 Å². The molecule has 9 heteroatoms.